The number of phenolic OH excluding ortho intramolecular Hbond substituents is 1. The van der Waals surface area contributed by atoms with E-state index in [4.69, 9.17) is 11.5 Å². The summed E-state index contributed by atoms with van der Waals surface area (Å²) >= 11 is 0. The minimum atomic E-state index is -1.24. The van der Waals surface area contributed by atoms with E-state index in [-0.39, 0.29) is 25.1 Å². The monoisotopic (exact) mass is 449 g/mol. The van der Waals surface area contributed by atoms with E-state index in [0.29, 0.717) is 18.4 Å². The largest absolute Gasteiger partial charge is 0.508 e. The van der Waals surface area contributed by atoms with E-state index < -0.39 is 54.3 Å². The zero-order chi connectivity index (χ0) is 23.8. The molecule has 8 N–H and O–H groups in total. The zero-order valence-electron chi connectivity index (χ0n) is 17.3. The third-order valence-corrected chi connectivity index (χ3v) is 5.04. The molecular weight excluding hydrogens is 422 g/mol. The van der Waals surface area contributed by atoms with Crippen LogP contribution in [0.4, 0.5) is 0 Å². The second-order valence-electron chi connectivity index (χ2n) is 7.51. The molecule has 0 aromatic heterocycles. The first-order valence-corrected chi connectivity index (χ1v) is 10.0. The van der Waals surface area contributed by atoms with E-state index in [1.165, 1.54) is 17.0 Å². The smallest absolute Gasteiger partial charge is 0.326 e. The van der Waals surface area contributed by atoms with Crippen LogP contribution in [0.25, 0.3) is 0 Å². The van der Waals surface area contributed by atoms with Crippen molar-refractivity contribution in [3.05, 3.63) is 29.8 Å². The standard InChI is InChI=1S/C20H27N5O7/c21-13(9-16(22)27)18(29)23-10-17(28)25-7-1-2-15(25)19(30)24-14(20(31)32)8-11-3-5-12(26)6-4-11/h3-6,13-15,26H,1-2,7-10,21H2,(H2,22,27)(H,23,29)(H,24,30)(H,31,32). The molecule has 3 atom stereocenters. The van der Waals surface area contributed by atoms with Crippen molar-refractivity contribution in [2.24, 2.45) is 11.5 Å². The van der Waals surface area contributed by atoms with Gasteiger partial charge in [0.15, 0.2) is 0 Å². The maximum Gasteiger partial charge on any atom is 0.326 e. The van der Waals surface area contributed by atoms with E-state index in [1.807, 2.05) is 0 Å². The van der Waals surface area contributed by atoms with Gasteiger partial charge in [-0.1, -0.05) is 12.1 Å². The molecule has 1 heterocycles. The number of rotatable bonds is 10. The Kier molecular flexibility index (Phi) is 8.53. The molecule has 12 nitrogen and oxygen atoms in total. The molecule has 0 bridgehead atoms. The molecule has 12 heteroatoms. The Labute approximate surface area is 183 Å². The van der Waals surface area contributed by atoms with Gasteiger partial charge >= 0.3 is 5.97 Å². The van der Waals surface area contributed by atoms with Crippen LogP contribution in [-0.4, -0.2) is 75.9 Å². The van der Waals surface area contributed by atoms with Crippen LogP contribution in [0.3, 0.4) is 0 Å². The van der Waals surface area contributed by atoms with Gasteiger partial charge < -0.3 is 37.2 Å². The second kappa shape index (κ2) is 11.1. The van der Waals surface area contributed by atoms with Crippen molar-refractivity contribution < 1.29 is 34.2 Å². The minimum Gasteiger partial charge on any atom is -0.508 e. The Morgan fingerprint density at radius 2 is 1.81 bits per heavy atom. The molecule has 0 radical (unpaired) electrons. The average Bonchev–Trinajstić information content (AvgIpc) is 3.22. The molecule has 3 unspecified atom stereocenters. The molecule has 0 saturated carbocycles. The number of hydrogen-bond acceptors (Lipinski definition) is 7. The summed E-state index contributed by atoms with van der Waals surface area (Å²) in [5.41, 5.74) is 11.1. The van der Waals surface area contributed by atoms with Gasteiger partial charge in [0.1, 0.15) is 17.8 Å². The number of nitrogens with one attached hydrogen (secondary N) is 2. The van der Waals surface area contributed by atoms with Crippen molar-refractivity contribution >= 4 is 29.6 Å². The predicted molar refractivity (Wildman–Crippen MR) is 111 cm³/mol. The fourth-order valence-electron chi connectivity index (χ4n) is 3.38. The highest BCUT2D eigenvalue weighted by Crippen LogP contribution is 2.18. The predicted octanol–water partition coefficient (Wildman–Crippen LogP) is -2.19. The zero-order valence-corrected chi connectivity index (χ0v) is 17.3. The lowest BCUT2D eigenvalue weighted by molar-refractivity contribution is -0.144. The van der Waals surface area contributed by atoms with Gasteiger partial charge in [-0.2, -0.15) is 0 Å². The summed E-state index contributed by atoms with van der Waals surface area (Å²) in [6.45, 7) is -0.152. The van der Waals surface area contributed by atoms with Gasteiger partial charge in [0.2, 0.25) is 23.6 Å². The number of primary amides is 1. The molecule has 4 amide bonds. The van der Waals surface area contributed by atoms with Crippen molar-refractivity contribution in [1.29, 1.82) is 0 Å². The summed E-state index contributed by atoms with van der Waals surface area (Å²) in [7, 11) is 0. The highest BCUT2D eigenvalue weighted by molar-refractivity contribution is 5.93. The van der Waals surface area contributed by atoms with Gasteiger partial charge in [-0.05, 0) is 30.5 Å². The number of likely N-dealkylation sites (tertiary alicyclic amines) is 1. The fourth-order valence-corrected chi connectivity index (χ4v) is 3.38. The lowest BCUT2D eigenvalue weighted by Crippen LogP contribution is -2.53. The molecule has 0 spiro atoms. The maximum absolute atomic E-state index is 12.7. The lowest BCUT2D eigenvalue weighted by atomic mass is 10.0. The van der Waals surface area contributed by atoms with Crippen LogP contribution in [0.2, 0.25) is 0 Å². The van der Waals surface area contributed by atoms with E-state index in [9.17, 15) is 34.2 Å². The Bertz CT molecular complexity index is 874. The first-order valence-electron chi connectivity index (χ1n) is 10.0. The van der Waals surface area contributed by atoms with Crippen LogP contribution in [-0.2, 0) is 30.4 Å². The highest BCUT2D eigenvalue weighted by atomic mass is 16.4. The van der Waals surface area contributed by atoms with Crippen LogP contribution in [0.5, 0.6) is 5.75 Å². The number of nitrogens with two attached hydrogens (primary N) is 2. The van der Waals surface area contributed by atoms with Crippen LogP contribution < -0.4 is 22.1 Å². The number of aliphatic carboxylic acids is 1. The third-order valence-electron chi connectivity index (χ3n) is 5.04. The van der Waals surface area contributed by atoms with Crippen molar-refractivity contribution in [3.8, 4) is 5.75 Å². The number of carbonyl (C=O) groups excluding carboxylic acids is 4. The first kappa shape index (κ1) is 24.6. The Hall–Kier alpha value is -3.67. The molecule has 1 aliphatic heterocycles. The summed E-state index contributed by atoms with van der Waals surface area (Å²) in [4.78, 5) is 60.8. The van der Waals surface area contributed by atoms with Gasteiger partial charge in [0, 0.05) is 13.0 Å². The van der Waals surface area contributed by atoms with Gasteiger partial charge in [-0.3, -0.25) is 19.2 Å². The summed E-state index contributed by atoms with van der Waals surface area (Å²) < 4.78 is 0. The van der Waals surface area contributed by atoms with Crippen LogP contribution in [0.1, 0.15) is 24.8 Å². The number of carbonyl (C=O) groups is 5. The molecule has 2 rings (SSSR count). The molecule has 1 aromatic rings. The molecule has 0 aliphatic carbocycles. The minimum absolute atomic E-state index is 0.00414. The number of phenols is 1. The van der Waals surface area contributed by atoms with Crippen molar-refractivity contribution in [2.45, 2.75) is 43.8 Å². The van der Waals surface area contributed by atoms with Gasteiger partial charge in [-0.15, -0.1) is 0 Å². The Morgan fingerprint density at radius 1 is 1.16 bits per heavy atom. The molecule has 32 heavy (non-hydrogen) atoms. The molecule has 174 valence electrons. The summed E-state index contributed by atoms with van der Waals surface area (Å²) in [5, 5.41) is 23.6. The van der Waals surface area contributed by atoms with E-state index in [1.54, 1.807) is 12.1 Å². The highest BCUT2D eigenvalue weighted by Gasteiger charge is 2.36. The molecule has 1 aliphatic rings. The summed E-state index contributed by atoms with van der Waals surface area (Å²) in [6.07, 6.45) is 0.509. The third kappa shape index (κ3) is 6.94. The number of benzene rings is 1. The number of aromatic hydroxyl groups is 1. The van der Waals surface area contributed by atoms with Gasteiger partial charge in [-0.25, -0.2) is 4.79 Å². The Balaban J connectivity index is 1.95. The van der Waals surface area contributed by atoms with Crippen LogP contribution in [0, 0.1) is 0 Å². The Morgan fingerprint density at radius 3 is 2.41 bits per heavy atom. The SMILES string of the molecule is NC(=O)CC(N)C(=O)NCC(=O)N1CCCC1C(=O)NC(Cc1ccc(O)cc1)C(=O)O. The molecular formula is C20H27N5O7. The number of nitrogens with zero attached hydrogens (tertiary/aromatic N) is 1. The number of carboxylic acids is 1. The van der Waals surface area contributed by atoms with Gasteiger partial charge in [0.25, 0.3) is 0 Å². The molecule has 1 saturated heterocycles. The average molecular weight is 449 g/mol. The summed E-state index contributed by atoms with van der Waals surface area (Å²) in [5.74, 6) is -3.83. The van der Waals surface area contributed by atoms with Crippen LogP contribution >= 0.6 is 0 Å². The number of hydrogen-bond donors (Lipinski definition) is 6. The van der Waals surface area contributed by atoms with Crippen LogP contribution in [0.15, 0.2) is 24.3 Å². The van der Waals surface area contributed by atoms with Crippen molar-refractivity contribution in [1.82, 2.24) is 15.5 Å². The van der Waals surface area contributed by atoms with E-state index in [2.05, 4.69) is 10.6 Å². The van der Waals surface area contributed by atoms with Crippen molar-refractivity contribution in [2.75, 3.05) is 13.1 Å². The normalized spacial score (nSPS) is 17.3. The first-order chi connectivity index (χ1) is 15.1. The van der Waals surface area contributed by atoms with E-state index >= 15 is 0 Å². The topological polar surface area (TPSA) is 205 Å². The van der Waals surface area contributed by atoms with Gasteiger partial charge in [0.05, 0.1) is 19.0 Å². The quantitative estimate of drug-likeness (QED) is 0.231. The number of carboxylic acid groups (broad SMARTS) is 1. The maximum atomic E-state index is 12.7. The molecule has 1 aromatic carbocycles. The van der Waals surface area contributed by atoms with E-state index in [0.717, 1.165) is 0 Å². The van der Waals surface area contributed by atoms with Crippen molar-refractivity contribution in [3.63, 3.8) is 0 Å². The molecule has 1 fully saturated rings. The lowest BCUT2D eigenvalue weighted by Gasteiger charge is -2.26. The fraction of sp³-hybridized carbons (Fsp3) is 0.450. The number of amides is 4. The summed E-state index contributed by atoms with van der Waals surface area (Å²) in [6, 6.07) is 2.64. The second-order valence-corrected chi connectivity index (χ2v) is 7.51.